The number of rotatable bonds is 2. The zero-order valence-electron chi connectivity index (χ0n) is 7.09. The summed E-state index contributed by atoms with van der Waals surface area (Å²) in [6, 6.07) is 2.02. The molecule has 1 aromatic rings. The highest BCUT2D eigenvalue weighted by Crippen LogP contribution is 2.10. The first-order valence-electron chi connectivity index (χ1n) is 3.90. The molecule has 0 bridgehead atoms. The lowest BCUT2D eigenvalue weighted by Gasteiger charge is -2.05. The quantitative estimate of drug-likeness (QED) is 0.648. The molecule has 0 fully saturated rings. The number of hydrogen-bond acceptors (Lipinski definition) is 2. The third kappa shape index (κ3) is 2.05. The normalized spacial score (nSPS) is 10.2. The van der Waals surface area contributed by atoms with E-state index in [1.54, 1.807) is 6.92 Å². The molecule has 2 nitrogen and oxygen atoms in total. The van der Waals surface area contributed by atoms with Gasteiger partial charge in [0.1, 0.15) is 0 Å². The van der Waals surface area contributed by atoms with Crippen molar-refractivity contribution < 1.29 is 18.8 Å². The summed E-state index contributed by atoms with van der Waals surface area (Å²) in [6.45, 7) is 1.66. The van der Waals surface area contributed by atoms with Crippen LogP contribution in [0.1, 0.15) is 12.5 Å². The Morgan fingerprint density at radius 3 is 2.38 bits per heavy atom. The number of aryl methyl sites for hydroxylation is 1. The van der Waals surface area contributed by atoms with Crippen molar-refractivity contribution in [2.45, 2.75) is 13.3 Å². The first kappa shape index (κ1) is 10.1. The van der Waals surface area contributed by atoms with Crippen LogP contribution in [0.25, 0.3) is 0 Å². The Morgan fingerprint density at radius 1 is 1.31 bits per heavy atom. The van der Waals surface area contributed by atoms with Crippen molar-refractivity contribution in [3.8, 4) is 0 Å². The molecule has 0 radical (unpaired) electrons. The van der Waals surface area contributed by atoms with Crippen LogP contribution < -0.4 is 5.46 Å². The maximum atomic E-state index is 12.9. The molecule has 70 valence electrons. The van der Waals surface area contributed by atoms with Crippen LogP contribution in [0, 0.1) is 11.6 Å². The van der Waals surface area contributed by atoms with Crippen molar-refractivity contribution in [2.75, 3.05) is 0 Å². The van der Waals surface area contributed by atoms with Crippen LogP contribution in [0.15, 0.2) is 12.1 Å². The standard InChI is InChI=1S/C8H9BF2O2/c1-2-5-3-6(9(12)13)4-7(10)8(5)11/h3-4,12-13H,2H2,1H3. The Balaban J connectivity index is 3.22. The molecule has 0 saturated carbocycles. The third-order valence-corrected chi connectivity index (χ3v) is 1.80. The van der Waals surface area contributed by atoms with Crippen molar-refractivity contribution in [3.63, 3.8) is 0 Å². The van der Waals surface area contributed by atoms with E-state index in [1.165, 1.54) is 6.07 Å². The predicted octanol–water partition coefficient (Wildman–Crippen LogP) is 0.207. The smallest absolute Gasteiger partial charge is 0.423 e. The fourth-order valence-corrected chi connectivity index (χ4v) is 1.08. The molecule has 0 spiro atoms. The SMILES string of the molecule is CCc1cc(B(O)O)cc(F)c1F. The summed E-state index contributed by atoms with van der Waals surface area (Å²) in [5.41, 5.74) is 0.110. The van der Waals surface area contributed by atoms with Crippen molar-refractivity contribution in [1.29, 1.82) is 0 Å². The van der Waals surface area contributed by atoms with Gasteiger partial charge in [-0.15, -0.1) is 0 Å². The third-order valence-electron chi connectivity index (χ3n) is 1.80. The largest absolute Gasteiger partial charge is 0.488 e. The van der Waals surface area contributed by atoms with Gasteiger partial charge in [-0.2, -0.15) is 0 Å². The summed E-state index contributed by atoms with van der Waals surface area (Å²) in [5.74, 6) is -1.98. The van der Waals surface area contributed by atoms with E-state index in [2.05, 4.69) is 0 Å². The monoisotopic (exact) mass is 186 g/mol. The van der Waals surface area contributed by atoms with E-state index in [1.807, 2.05) is 0 Å². The molecule has 0 unspecified atom stereocenters. The van der Waals surface area contributed by atoms with Gasteiger partial charge in [0.15, 0.2) is 11.6 Å². The van der Waals surface area contributed by atoms with E-state index in [0.29, 0.717) is 6.42 Å². The Kier molecular flexibility index (Phi) is 3.00. The van der Waals surface area contributed by atoms with Crippen molar-refractivity contribution in [3.05, 3.63) is 29.3 Å². The Morgan fingerprint density at radius 2 is 1.92 bits per heavy atom. The summed E-state index contributed by atoms with van der Waals surface area (Å²) in [6.07, 6.45) is 0.309. The van der Waals surface area contributed by atoms with E-state index in [-0.39, 0.29) is 11.0 Å². The van der Waals surface area contributed by atoms with Gasteiger partial charge in [-0.1, -0.05) is 13.0 Å². The van der Waals surface area contributed by atoms with Crippen LogP contribution in [-0.2, 0) is 6.42 Å². The van der Waals surface area contributed by atoms with Crippen LogP contribution in [0.3, 0.4) is 0 Å². The summed E-state index contributed by atoms with van der Waals surface area (Å²) in [4.78, 5) is 0. The van der Waals surface area contributed by atoms with Gasteiger partial charge in [0.25, 0.3) is 0 Å². The Labute approximate surface area is 75.0 Å². The molecular weight excluding hydrogens is 177 g/mol. The molecule has 13 heavy (non-hydrogen) atoms. The minimum atomic E-state index is -1.76. The summed E-state index contributed by atoms with van der Waals surface area (Å²) in [7, 11) is -1.76. The summed E-state index contributed by atoms with van der Waals surface area (Å²) >= 11 is 0. The minimum Gasteiger partial charge on any atom is -0.423 e. The zero-order chi connectivity index (χ0) is 10.0. The van der Waals surface area contributed by atoms with Crippen LogP contribution in [0.4, 0.5) is 8.78 Å². The molecule has 2 N–H and O–H groups in total. The molecular formula is C8H9BF2O2. The maximum absolute atomic E-state index is 12.9. The van der Waals surface area contributed by atoms with E-state index in [0.717, 1.165) is 6.07 Å². The fourth-order valence-electron chi connectivity index (χ4n) is 1.08. The van der Waals surface area contributed by atoms with Gasteiger partial charge in [0, 0.05) is 0 Å². The highest BCUT2D eigenvalue weighted by atomic mass is 19.2. The average molecular weight is 186 g/mol. The number of hydrogen-bond donors (Lipinski definition) is 2. The lowest BCUT2D eigenvalue weighted by molar-refractivity contribution is 0.424. The van der Waals surface area contributed by atoms with Gasteiger partial charge in [-0.25, -0.2) is 8.78 Å². The summed E-state index contributed by atoms with van der Waals surface area (Å²) in [5, 5.41) is 17.5. The van der Waals surface area contributed by atoms with Crippen LogP contribution in [0.5, 0.6) is 0 Å². The fraction of sp³-hybridized carbons (Fsp3) is 0.250. The lowest BCUT2D eigenvalue weighted by Crippen LogP contribution is -2.31. The van der Waals surface area contributed by atoms with Crippen LogP contribution in [0.2, 0.25) is 0 Å². The molecule has 0 amide bonds. The van der Waals surface area contributed by atoms with Gasteiger partial charge in [-0.05, 0) is 23.5 Å². The maximum Gasteiger partial charge on any atom is 0.488 e. The highest BCUT2D eigenvalue weighted by molar-refractivity contribution is 6.58. The highest BCUT2D eigenvalue weighted by Gasteiger charge is 2.16. The topological polar surface area (TPSA) is 40.5 Å². The second-order valence-electron chi connectivity index (χ2n) is 2.70. The molecule has 1 aromatic carbocycles. The van der Waals surface area contributed by atoms with Gasteiger partial charge in [-0.3, -0.25) is 0 Å². The molecule has 0 aliphatic rings. The Hall–Kier alpha value is -0.935. The van der Waals surface area contributed by atoms with E-state index in [4.69, 9.17) is 10.0 Å². The molecule has 0 saturated heterocycles. The predicted molar refractivity (Wildman–Crippen MR) is 45.6 cm³/mol. The molecule has 0 aromatic heterocycles. The molecule has 5 heteroatoms. The first-order valence-corrected chi connectivity index (χ1v) is 3.90. The van der Waals surface area contributed by atoms with Gasteiger partial charge in [0.05, 0.1) is 0 Å². The molecule has 0 aliphatic heterocycles. The number of benzene rings is 1. The lowest BCUT2D eigenvalue weighted by atomic mass is 9.79. The van der Waals surface area contributed by atoms with Crippen molar-refractivity contribution in [2.24, 2.45) is 0 Å². The molecule has 0 heterocycles. The Bertz CT molecular complexity index is 315. The first-order chi connectivity index (χ1) is 6.06. The van der Waals surface area contributed by atoms with Gasteiger partial charge < -0.3 is 10.0 Å². The minimum absolute atomic E-state index is 0.0317. The van der Waals surface area contributed by atoms with Crippen molar-refractivity contribution in [1.82, 2.24) is 0 Å². The average Bonchev–Trinajstić information content (AvgIpc) is 2.09. The van der Waals surface area contributed by atoms with Crippen molar-refractivity contribution >= 4 is 12.6 Å². The van der Waals surface area contributed by atoms with Crippen LogP contribution >= 0.6 is 0 Å². The molecule has 1 rings (SSSR count). The van der Waals surface area contributed by atoms with Crippen LogP contribution in [-0.4, -0.2) is 17.2 Å². The van der Waals surface area contributed by atoms with Gasteiger partial charge >= 0.3 is 7.12 Å². The van der Waals surface area contributed by atoms with E-state index in [9.17, 15) is 8.78 Å². The van der Waals surface area contributed by atoms with E-state index < -0.39 is 18.8 Å². The summed E-state index contributed by atoms with van der Waals surface area (Å²) < 4.78 is 25.7. The van der Waals surface area contributed by atoms with E-state index >= 15 is 0 Å². The van der Waals surface area contributed by atoms with Gasteiger partial charge in [0.2, 0.25) is 0 Å². The number of halogens is 2. The molecule has 0 aliphatic carbocycles. The molecule has 0 atom stereocenters. The second-order valence-corrected chi connectivity index (χ2v) is 2.70. The second kappa shape index (κ2) is 3.85. The zero-order valence-corrected chi connectivity index (χ0v) is 7.09.